The Morgan fingerprint density at radius 2 is 1.97 bits per heavy atom. The highest BCUT2D eigenvalue weighted by molar-refractivity contribution is 7.82. The standard InChI is InChI=1S/C21H21N3O5S/c1-4-14-7-6-8-17-19(14)22-13-18(21(25)23-26)20(17)24(5-2)30(27)29-16-11-9-15(28-3)10-12-16/h4,6-13,26H,1,5H2,2-3H3,(H,23,25). The van der Waals surface area contributed by atoms with E-state index in [0.29, 0.717) is 28.1 Å². The topological polar surface area (TPSA) is 101 Å². The van der Waals surface area contributed by atoms with E-state index in [1.165, 1.54) is 10.5 Å². The number of nitrogens with one attached hydrogen (secondary N) is 1. The van der Waals surface area contributed by atoms with E-state index in [4.69, 9.17) is 8.92 Å². The lowest BCUT2D eigenvalue weighted by Crippen LogP contribution is -2.32. The van der Waals surface area contributed by atoms with E-state index in [2.05, 4.69) is 11.6 Å². The van der Waals surface area contributed by atoms with Gasteiger partial charge in [-0.05, 0) is 31.2 Å². The average molecular weight is 427 g/mol. The molecule has 8 nitrogen and oxygen atoms in total. The maximum absolute atomic E-state index is 13.1. The van der Waals surface area contributed by atoms with Gasteiger partial charge in [0.1, 0.15) is 11.5 Å². The van der Waals surface area contributed by atoms with Gasteiger partial charge in [0.25, 0.3) is 5.91 Å². The van der Waals surface area contributed by atoms with Crippen molar-refractivity contribution >= 4 is 39.8 Å². The molecule has 9 heteroatoms. The number of hydroxylamine groups is 1. The zero-order valence-corrected chi connectivity index (χ0v) is 17.3. The van der Waals surface area contributed by atoms with E-state index >= 15 is 0 Å². The lowest BCUT2D eigenvalue weighted by Gasteiger charge is -2.24. The summed E-state index contributed by atoms with van der Waals surface area (Å²) < 4.78 is 25.2. The van der Waals surface area contributed by atoms with Crippen LogP contribution < -0.4 is 18.7 Å². The van der Waals surface area contributed by atoms with Crippen molar-refractivity contribution < 1.29 is 23.1 Å². The van der Waals surface area contributed by atoms with E-state index in [0.717, 1.165) is 5.56 Å². The van der Waals surface area contributed by atoms with Crippen molar-refractivity contribution in [3.63, 3.8) is 0 Å². The van der Waals surface area contributed by atoms with Crippen LogP contribution in [-0.4, -0.2) is 34.0 Å². The van der Waals surface area contributed by atoms with Gasteiger partial charge in [-0.3, -0.25) is 19.3 Å². The number of benzene rings is 2. The highest BCUT2D eigenvalue weighted by Crippen LogP contribution is 2.33. The number of amides is 1. The van der Waals surface area contributed by atoms with Crippen LogP contribution in [0.3, 0.4) is 0 Å². The van der Waals surface area contributed by atoms with Gasteiger partial charge in [0.2, 0.25) is 0 Å². The second-order valence-electron chi connectivity index (χ2n) is 6.08. The monoisotopic (exact) mass is 427 g/mol. The van der Waals surface area contributed by atoms with E-state index in [1.807, 2.05) is 6.07 Å². The number of ether oxygens (including phenoxy) is 1. The van der Waals surface area contributed by atoms with Crippen molar-refractivity contribution in [3.05, 3.63) is 66.4 Å². The summed E-state index contributed by atoms with van der Waals surface area (Å²) in [5.41, 5.74) is 3.33. The van der Waals surface area contributed by atoms with Gasteiger partial charge in [0.05, 0.1) is 23.9 Å². The first-order chi connectivity index (χ1) is 14.5. The number of aromatic nitrogens is 1. The van der Waals surface area contributed by atoms with Crippen LogP contribution in [0.2, 0.25) is 0 Å². The molecule has 0 aliphatic carbocycles. The lowest BCUT2D eigenvalue weighted by molar-refractivity contribution is 0.0707. The number of anilines is 1. The van der Waals surface area contributed by atoms with Crippen LogP contribution in [0.4, 0.5) is 5.69 Å². The predicted octanol–water partition coefficient (Wildman–Crippen LogP) is 3.49. The summed E-state index contributed by atoms with van der Waals surface area (Å²) in [4.78, 5) is 16.6. The van der Waals surface area contributed by atoms with Crippen molar-refractivity contribution in [1.29, 1.82) is 0 Å². The first-order valence-corrected chi connectivity index (χ1v) is 10.1. The Hall–Kier alpha value is -3.43. The number of para-hydroxylation sites is 1. The minimum atomic E-state index is -1.98. The molecule has 0 fully saturated rings. The molecule has 1 aromatic heterocycles. The van der Waals surface area contributed by atoms with Crippen LogP contribution >= 0.6 is 0 Å². The van der Waals surface area contributed by atoms with Gasteiger partial charge in [-0.2, -0.15) is 4.21 Å². The molecule has 2 aromatic carbocycles. The molecule has 2 N–H and O–H groups in total. The fourth-order valence-corrected chi connectivity index (χ4v) is 3.91. The molecule has 0 saturated carbocycles. The molecule has 0 spiro atoms. The Bertz CT molecular complexity index is 1100. The van der Waals surface area contributed by atoms with Gasteiger partial charge < -0.3 is 8.92 Å². The van der Waals surface area contributed by atoms with Crippen molar-refractivity contribution in [2.24, 2.45) is 0 Å². The number of nitrogens with zero attached hydrogens (tertiary/aromatic N) is 2. The molecule has 1 unspecified atom stereocenters. The number of rotatable bonds is 8. The summed E-state index contributed by atoms with van der Waals surface area (Å²) in [6, 6.07) is 12.0. The van der Waals surface area contributed by atoms with Crippen molar-refractivity contribution in [3.8, 4) is 11.5 Å². The Kier molecular flexibility index (Phi) is 6.65. The first kappa shape index (κ1) is 21.3. The van der Waals surface area contributed by atoms with Gasteiger partial charge >= 0.3 is 11.3 Å². The smallest absolute Gasteiger partial charge is 0.318 e. The highest BCUT2D eigenvalue weighted by atomic mass is 32.2. The quantitative estimate of drug-likeness (QED) is 0.422. The third-order valence-corrected chi connectivity index (χ3v) is 5.55. The predicted molar refractivity (Wildman–Crippen MR) is 116 cm³/mol. The van der Waals surface area contributed by atoms with E-state index in [1.54, 1.807) is 62.0 Å². The van der Waals surface area contributed by atoms with Crippen molar-refractivity contribution in [1.82, 2.24) is 10.5 Å². The Morgan fingerprint density at radius 1 is 1.27 bits per heavy atom. The maximum atomic E-state index is 13.1. The molecule has 1 heterocycles. The summed E-state index contributed by atoms with van der Waals surface area (Å²) in [6.07, 6.45) is 2.97. The summed E-state index contributed by atoms with van der Waals surface area (Å²) in [5.74, 6) is 0.230. The molecule has 1 amide bonds. The molecule has 0 radical (unpaired) electrons. The van der Waals surface area contributed by atoms with Gasteiger partial charge in [-0.25, -0.2) is 5.48 Å². The number of hydrogen-bond donors (Lipinski definition) is 2. The molecular formula is C21H21N3O5S. The molecule has 3 rings (SSSR count). The summed E-state index contributed by atoms with van der Waals surface area (Å²) >= 11 is -1.98. The molecule has 0 bridgehead atoms. The summed E-state index contributed by atoms with van der Waals surface area (Å²) in [6.45, 7) is 5.82. The normalized spacial score (nSPS) is 11.6. The number of fused-ring (bicyclic) bond motifs is 1. The second-order valence-corrected chi connectivity index (χ2v) is 7.12. The molecule has 0 aliphatic heterocycles. The second kappa shape index (κ2) is 9.38. The fourth-order valence-electron chi connectivity index (χ4n) is 2.99. The van der Waals surface area contributed by atoms with E-state index in [-0.39, 0.29) is 12.1 Å². The summed E-state index contributed by atoms with van der Waals surface area (Å²) in [5, 5.41) is 9.75. The fraction of sp³-hybridized carbons (Fsp3) is 0.143. The molecule has 0 saturated heterocycles. The Balaban J connectivity index is 2.11. The van der Waals surface area contributed by atoms with Gasteiger partial charge in [0.15, 0.2) is 0 Å². The Morgan fingerprint density at radius 3 is 2.57 bits per heavy atom. The minimum absolute atomic E-state index is 0.0553. The van der Waals surface area contributed by atoms with Crippen LogP contribution in [0.5, 0.6) is 11.5 Å². The first-order valence-electron chi connectivity index (χ1n) is 9.04. The highest BCUT2D eigenvalue weighted by Gasteiger charge is 2.25. The third kappa shape index (κ3) is 4.12. The van der Waals surface area contributed by atoms with E-state index in [9.17, 15) is 14.2 Å². The molecule has 0 aliphatic rings. The molecule has 156 valence electrons. The number of hydrogen-bond acceptors (Lipinski definition) is 6. The average Bonchev–Trinajstić information content (AvgIpc) is 2.79. The SMILES string of the molecule is C=Cc1cccc2c(N(CC)S(=O)Oc3ccc(OC)cc3)c(C(=O)NO)cnc12. The Labute approximate surface area is 176 Å². The maximum Gasteiger partial charge on any atom is 0.318 e. The van der Waals surface area contributed by atoms with Crippen LogP contribution in [0.15, 0.2) is 55.2 Å². The molecule has 3 aromatic rings. The zero-order chi connectivity index (χ0) is 21.7. The largest absolute Gasteiger partial charge is 0.497 e. The van der Waals surface area contributed by atoms with Crippen LogP contribution in [-0.2, 0) is 11.3 Å². The van der Waals surface area contributed by atoms with Gasteiger partial charge in [0, 0.05) is 23.7 Å². The van der Waals surface area contributed by atoms with Gasteiger partial charge in [-0.1, -0.05) is 30.9 Å². The van der Waals surface area contributed by atoms with Gasteiger partial charge in [-0.15, -0.1) is 0 Å². The molecular weight excluding hydrogens is 406 g/mol. The van der Waals surface area contributed by atoms with Crippen LogP contribution in [0.25, 0.3) is 17.0 Å². The number of methoxy groups -OCH3 is 1. The zero-order valence-electron chi connectivity index (χ0n) is 16.5. The van der Waals surface area contributed by atoms with Crippen molar-refractivity contribution in [2.45, 2.75) is 6.92 Å². The number of pyridine rings is 1. The summed E-state index contributed by atoms with van der Waals surface area (Å²) in [7, 11) is 1.55. The number of carbonyl (C=O) groups is 1. The minimum Gasteiger partial charge on any atom is -0.497 e. The van der Waals surface area contributed by atoms with Crippen molar-refractivity contribution in [2.75, 3.05) is 18.0 Å². The third-order valence-electron chi connectivity index (χ3n) is 4.41. The molecule has 30 heavy (non-hydrogen) atoms. The molecule has 1 atom stereocenters. The van der Waals surface area contributed by atoms with Crippen LogP contribution in [0.1, 0.15) is 22.8 Å². The lowest BCUT2D eigenvalue weighted by atomic mass is 10.0. The number of carbonyl (C=O) groups excluding carboxylic acids is 1. The van der Waals surface area contributed by atoms with Crippen LogP contribution in [0, 0.1) is 0 Å². The van der Waals surface area contributed by atoms with E-state index < -0.39 is 17.2 Å².